The summed E-state index contributed by atoms with van der Waals surface area (Å²) in [5.41, 5.74) is 2.59. The summed E-state index contributed by atoms with van der Waals surface area (Å²) in [6.07, 6.45) is 0. The van der Waals surface area contributed by atoms with Crippen molar-refractivity contribution >= 4 is 17.6 Å². The second-order valence-electron chi connectivity index (χ2n) is 5.70. The number of hydrogen-bond donors (Lipinski definition) is 1. The molecule has 1 aromatic heterocycles. The van der Waals surface area contributed by atoms with Gasteiger partial charge in [-0.25, -0.2) is 14.8 Å². The van der Waals surface area contributed by atoms with Gasteiger partial charge in [-0.15, -0.1) is 0 Å². The molecule has 0 saturated carbocycles. The van der Waals surface area contributed by atoms with E-state index in [0.717, 1.165) is 17.1 Å². The molecule has 0 unspecified atom stereocenters. The predicted molar refractivity (Wildman–Crippen MR) is 98.8 cm³/mol. The van der Waals surface area contributed by atoms with E-state index < -0.39 is 5.97 Å². The van der Waals surface area contributed by atoms with E-state index in [4.69, 9.17) is 9.47 Å². The van der Waals surface area contributed by atoms with Gasteiger partial charge in [0.05, 0.1) is 0 Å². The topological polar surface area (TPSA) is 73.3 Å². The molecule has 0 saturated heterocycles. The summed E-state index contributed by atoms with van der Waals surface area (Å²) < 4.78 is 10.6. The van der Waals surface area contributed by atoms with Gasteiger partial charge in [0.15, 0.2) is 6.61 Å². The molecule has 0 fully saturated rings. The molecule has 0 atom stereocenters. The number of aryl methyl sites for hydroxylation is 2. The highest BCUT2D eigenvalue weighted by Crippen LogP contribution is 2.19. The fourth-order valence-corrected chi connectivity index (χ4v) is 2.34. The molecule has 0 aliphatic carbocycles. The largest absolute Gasteiger partial charge is 0.482 e. The van der Waals surface area contributed by atoms with Crippen molar-refractivity contribution in [3.63, 3.8) is 0 Å². The Bertz CT molecular complexity index is 860. The summed E-state index contributed by atoms with van der Waals surface area (Å²) in [6, 6.07) is 18.0. The Hall–Kier alpha value is -3.41. The van der Waals surface area contributed by atoms with Crippen molar-refractivity contribution in [2.24, 2.45) is 0 Å². The highest BCUT2D eigenvalue weighted by Gasteiger charge is 2.07. The molecule has 26 heavy (non-hydrogen) atoms. The van der Waals surface area contributed by atoms with Crippen LogP contribution in [-0.4, -0.2) is 22.5 Å². The lowest BCUT2D eigenvalue weighted by molar-refractivity contribution is -0.136. The van der Waals surface area contributed by atoms with Gasteiger partial charge in [0, 0.05) is 17.1 Å². The SMILES string of the molecule is Cc1cc(C)nc(Nc2ccc(OC(=O)COc3ccccc3)cc2)n1. The number of nitrogens with zero attached hydrogens (tertiary/aromatic N) is 2. The molecule has 3 aromatic rings. The van der Waals surface area contributed by atoms with Gasteiger partial charge in [-0.1, -0.05) is 18.2 Å². The van der Waals surface area contributed by atoms with Crippen LogP contribution >= 0.6 is 0 Å². The first-order valence-corrected chi connectivity index (χ1v) is 8.16. The van der Waals surface area contributed by atoms with Crippen molar-refractivity contribution in [2.75, 3.05) is 11.9 Å². The van der Waals surface area contributed by atoms with Gasteiger partial charge in [-0.05, 0) is 56.3 Å². The third-order valence-corrected chi connectivity index (χ3v) is 3.42. The van der Waals surface area contributed by atoms with Crippen LogP contribution in [0, 0.1) is 13.8 Å². The summed E-state index contributed by atoms with van der Waals surface area (Å²) >= 11 is 0. The van der Waals surface area contributed by atoms with E-state index in [0.29, 0.717) is 17.4 Å². The lowest BCUT2D eigenvalue weighted by atomic mass is 10.3. The Morgan fingerprint density at radius 1 is 0.923 bits per heavy atom. The molecular weight excluding hydrogens is 330 g/mol. The number of carbonyl (C=O) groups excluding carboxylic acids is 1. The Kier molecular flexibility index (Phi) is 5.43. The first-order chi connectivity index (χ1) is 12.6. The third kappa shape index (κ3) is 5.04. The van der Waals surface area contributed by atoms with E-state index in [1.54, 1.807) is 36.4 Å². The van der Waals surface area contributed by atoms with Gasteiger partial charge in [0.1, 0.15) is 11.5 Å². The third-order valence-electron chi connectivity index (χ3n) is 3.42. The highest BCUT2D eigenvalue weighted by atomic mass is 16.6. The van der Waals surface area contributed by atoms with Crippen LogP contribution in [0.1, 0.15) is 11.4 Å². The average molecular weight is 349 g/mol. The van der Waals surface area contributed by atoms with Crippen molar-refractivity contribution in [1.29, 1.82) is 0 Å². The predicted octanol–water partition coefficient (Wildman–Crippen LogP) is 3.82. The minimum absolute atomic E-state index is 0.152. The summed E-state index contributed by atoms with van der Waals surface area (Å²) in [5, 5.41) is 3.13. The van der Waals surface area contributed by atoms with E-state index >= 15 is 0 Å². The molecule has 1 heterocycles. The molecule has 6 heteroatoms. The fraction of sp³-hybridized carbons (Fsp3) is 0.150. The van der Waals surface area contributed by atoms with E-state index in [2.05, 4.69) is 15.3 Å². The van der Waals surface area contributed by atoms with Crippen LogP contribution in [0.15, 0.2) is 60.7 Å². The Balaban J connectivity index is 1.54. The molecule has 6 nitrogen and oxygen atoms in total. The van der Waals surface area contributed by atoms with Gasteiger partial charge in [-0.2, -0.15) is 0 Å². The van der Waals surface area contributed by atoms with Gasteiger partial charge in [0.25, 0.3) is 0 Å². The van der Waals surface area contributed by atoms with Crippen molar-refractivity contribution in [3.05, 3.63) is 72.1 Å². The van der Waals surface area contributed by atoms with Crippen LogP contribution in [0.25, 0.3) is 0 Å². The van der Waals surface area contributed by atoms with Gasteiger partial charge in [0.2, 0.25) is 5.95 Å². The molecule has 132 valence electrons. The number of carbonyl (C=O) groups is 1. The summed E-state index contributed by atoms with van der Waals surface area (Å²) in [6.45, 7) is 3.68. The first-order valence-electron chi connectivity index (χ1n) is 8.16. The summed E-state index contributed by atoms with van der Waals surface area (Å²) in [7, 11) is 0. The summed E-state index contributed by atoms with van der Waals surface area (Å²) in [4.78, 5) is 20.5. The Morgan fingerprint density at radius 3 is 2.23 bits per heavy atom. The summed E-state index contributed by atoms with van der Waals surface area (Å²) in [5.74, 6) is 1.13. The number of rotatable bonds is 6. The smallest absolute Gasteiger partial charge is 0.349 e. The maximum Gasteiger partial charge on any atom is 0.349 e. The number of hydrogen-bond acceptors (Lipinski definition) is 6. The van der Waals surface area contributed by atoms with E-state index in [9.17, 15) is 4.79 Å². The number of ether oxygens (including phenoxy) is 2. The van der Waals surface area contributed by atoms with Crippen LogP contribution in [-0.2, 0) is 4.79 Å². The molecule has 2 aromatic carbocycles. The van der Waals surface area contributed by atoms with Crippen LogP contribution in [0.4, 0.5) is 11.6 Å². The zero-order chi connectivity index (χ0) is 18.4. The molecule has 3 rings (SSSR count). The van der Waals surface area contributed by atoms with Crippen molar-refractivity contribution < 1.29 is 14.3 Å². The zero-order valence-corrected chi connectivity index (χ0v) is 14.6. The van der Waals surface area contributed by atoms with Crippen molar-refractivity contribution in [1.82, 2.24) is 9.97 Å². The lowest BCUT2D eigenvalue weighted by Gasteiger charge is -2.09. The second-order valence-corrected chi connectivity index (χ2v) is 5.70. The monoisotopic (exact) mass is 349 g/mol. The zero-order valence-electron chi connectivity index (χ0n) is 14.6. The van der Waals surface area contributed by atoms with Crippen LogP contribution in [0.2, 0.25) is 0 Å². The number of nitrogens with one attached hydrogen (secondary N) is 1. The van der Waals surface area contributed by atoms with Crippen LogP contribution < -0.4 is 14.8 Å². The van der Waals surface area contributed by atoms with Crippen LogP contribution in [0.5, 0.6) is 11.5 Å². The molecular formula is C20H19N3O3. The maximum atomic E-state index is 11.9. The van der Waals surface area contributed by atoms with E-state index in [1.807, 2.05) is 38.1 Å². The number of esters is 1. The second kappa shape index (κ2) is 8.11. The molecule has 0 aliphatic rings. The number of anilines is 2. The number of para-hydroxylation sites is 1. The number of benzene rings is 2. The maximum absolute atomic E-state index is 11.9. The minimum atomic E-state index is -0.466. The van der Waals surface area contributed by atoms with E-state index in [1.165, 1.54) is 0 Å². The quantitative estimate of drug-likeness (QED) is 0.539. The molecule has 0 spiro atoms. The minimum Gasteiger partial charge on any atom is -0.482 e. The van der Waals surface area contributed by atoms with E-state index in [-0.39, 0.29) is 6.61 Å². The van der Waals surface area contributed by atoms with Crippen molar-refractivity contribution in [3.8, 4) is 11.5 Å². The first kappa shape index (κ1) is 17.4. The van der Waals surface area contributed by atoms with Crippen molar-refractivity contribution in [2.45, 2.75) is 13.8 Å². The molecule has 0 amide bonds. The fourth-order valence-electron chi connectivity index (χ4n) is 2.34. The molecule has 0 radical (unpaired) electrons. The number of aromatic nitrogens is 2. The molecule has 0 bridgehead atoms. The standard InChI is InChI=1S/C20H19N3O3/c1-14-12-15(2)22-20(21-14)23-16-8-10-18(11-9-16)26-19(24)13-25-17-6-4-3-5-7-17/h3-12H,13H2,1-2H3,(H,21,22,23). The van der Waals surface area contributed by atoms with Gasteiger partial charge < -0.3 is 14.8 Å². The Labute approximate surface area is 151 Å². The molecule has 1 N–H and O–H groups in total. The van der Waals surface area contributed by atoms with Crippen LogP contribution in [0.3, 0.4) is 0 Å². The highest BCUT2D eigenvalue weighted by molar-refractivity contribution is 5.74. The van der Waals surface area contributed by atoms with Gasteiger partial charge >= 0.3 is 5.97 Å². The normalized spacial score (nSPS) is 10.2. The van der Waals surface area contributed by atoms with Gasteiger partial charge in [-0.3, -0.25) is 0 Å². The average Bonchev–Trinajstić information content (AvgIpc) is 2.62. The Morgan fingerprint density at radius 2 is 1.58 bits per heavy atom. The lowest BCUT2D eigenvalue weighted by Crippen LogP contribution is -2.17. The molecule has 0 aliphatic heterocycles.